The van der Waals surface area contributed by atoms with Gasteiger partial charge >= 0.3 is 0 Å². The third-order valence-corrected chi connectivity index (χ3v) is 23.1. The second-order valence-corrected chi connectivity index (χ2v) is 28.2. The standard InChI is InChI=1S/C93H54B2N8O2/c1-13-37-75-57(23-1)58-24-2-14-38-76(58)100(75)87-53-73(96-91(98-87)102-79-41-17-5-27-61(79)62-28-6-18-42-80(62)102)55-47-49-71-85(51-55)104-83-45-21-33-67-89(83)94(71)69-35-11-9-31-65(69)93(67)66-32-10-12-36-70(66)95-72-50-48-56(52-86(72)105-84-46-22-34-68(93)90(84)95)74-54-88(101-77-39-15-3-25-59(77)60-26-4-16-40-78(60)101)99-92(97-74)103-81-43-19-7-29-63(81)64-30-8-20-44-82(64)103/h1-54H. The molecule has 0 saturated carbocycles. The van der Waals surface area contributed by atoms with Crippen molar-refractivity contribution in [3.63, 3.8) is 0 Å². The molecule has 0 radical (unpaired) electrons. The van der Waals surface area contributed by atoms with Crippen molar-refractivity contribution >= 4 is 133 Å². The van der Waals surface area contributed by atoms with E-state index < -0.39 is 5.41 Å². The Bertz CT molecular complexity index is 6340. The quantitative estimate of drug-likeness (QED) is 0.154. The number of aromatic nitrogens is 8. The Labute approximate surface area is 601 Å². The lowest BCUT2D eigenvalue weighted by Crippen LogP contribution is -2.69. The van der Waals surface area contributed by atoms with E-state index in [9.17, 15) is 0 Å². The Morgan fingerprint density at radius 3 is 0.876 bits per heavy atom. The lowest BCUT2D eigenvalue weighted by Gasteiger charge is -2.51. The van der Waals surface area contributed by atoms with Gasteiger partial charge in [-0.05, 0) is 117 Å². The first-order valence-corrected chi connectivity index (χ1v) is 35.9. The SMILES string of the molecule is c1ccc2c(c1)B1c3ccc(-c4cc(-n5c6ccccc6c6ccccc65)nc(-n5c6ccccc6c6ccccc65)n4)cc3Oc3cccc(c31)C21c2ccccc2B2c3ccc(-c4cc(-n5c6ccccc6c6ccccc65)nc(-n5c6ccccc6c6ccccc65)n4)cc3Oc3cccc1c32. The van der Waals surface area contributed by atoms with E-state index in [4.69, 9.17) is 29.4 Å². The molecule has 6 aromatic heterocycles. The highest BCUT2D eigenvalue weighted by atomic mass is 16.5. The van der Waals surface area contributed by atoms with Crippen LogP contribution in [0.1, 0.15) is 22.3 Å². The maximum Gasteiger partial charge on any atom is 0.251 e. The largest absolute Gasteiger partial charge is 0.458 e. The Kier molecular flexibility index (Phi) is 11.4. The van der Waals surface area contributed by atoms with Crippen LogP contribution >= 0.6 is 0 Å². The molecule has 0 atom stereocenters. The summed E-state index contributed by atoms with van der Waals surface area (Å²) in [5.74, 6) is 5.95. The average molecular weight is 1340 g/mol. The van der Waals surface area contributed by atoms with E-state index in [1.54, 1.807) is 0 Å². The zero-order valence-electron chi connectivity index (χ0n) is 56.2. The molecule has 4 aliphatic heterocycles. The fourth-order valence-corrected chi connectivity index (χ4v) is 19.0. The van der Waals surface area contributed by atoms with Crippen molar-refractivity contribution in [2.75, 3.05) is 0 Å². The first kappa shape index (κ1) is 56.9. The molecule has 14 aromatic carbocycles. The molecule has 484 valence electrons. The first-order chi connectivity index (χ1) is 52.1. The Morgan fingerprint density at radius 1 is 0.238 bits per heavy atom. The van der Waals surface area contributed by atoms with Crippen LogP contribution in [0.25, 0.3) is 133 Å². The summed E-state index contributed by atoms with van der Waals surface area (Å²) in [7, 11) is 0. The number of nitrogens with zero attached hydrogens (tertiary/aromatic N) is 8. The van der Waals surface area contributed by atoms with E-state index in [2.05, 4.69) is 346 Å². The average Bonchev–Trinajstić information content (AvgIpc) is 1.54. The van der Waals surface area contributed by atoms with Gasteiger partial charge in [0.1, 0.15) is 34.6 Å². The van der Waals surface area contributed by atoms with Crippen molar-refractivity contribution in [3.05, 3.63) is 350 Å². The molecule has 0 fully saturated rings. The van der Waals surface area contributed by atoms with Gasteiger partial charge in [0.15, 0.2) is 0 Å². The van der Waals surface area contributed by atoms with E-state index in [0.29, 0.717) is 11.9 Å². The summed E-state index contributed by atoms with van der Waals surface area (Å²) in [6.45, 7) is -0.315. The third-order valence-electron chi connectivity index (χ3n) is 23.1. The second-order valence-electron chi connectivity index (χ2n) is 28.2. The molecule has 0 unspecified atom stereocenters. The first-order valence-electron chi connectivity index (χ1n) is 35.9. The van der Waals surface area contributed by atoms with Crippen LogP contribution in [0.15, 0.2) is 328 Å². The molecular formula is C93H54B2N8O2. The van der Waals surface area contributed by atoms with E-state index in [1.165, 1.54) is 44.1 Å². The highest BCUT2D eigenvalue weighted by Gasteiger charge is 2.56. The van der Waals surface area contributed by atoms with Crippen LogP contribution in [0.3, 0.4) is 0 Å². The van der Waals surface area contributed by atoms with Gasteiger partial charge in [-0.1, -0.05) is 254 Å². The number of para-hydroxylation sites is 8. The van der Waals surface area contributed by atoms with Crippen LogP contribution in [-0.4, -0.2) is 51.6 Å². The van der Waals surface area contributed by atoms with Gasteiger partial charge in [0.25, 0.3) is 13.4 Å². The molecule has 0 aliphatic carbocycles. The van der Waals surface area contributed by atoms with E-state index in [-0.39, 0.29) is 13.4 Å². The van der Waals surface area contributed by atoms with Gasteiger partial charge in [-0.15, -0.1) is 0 Å². The van der Waals surface area contributed by atoms with Gasteiger partial charge in [0.2, 0.25) is 11.9 Å². The molecule has 24 rings (SSSR count). The highest BCUT2D eigenvalue weighted by molar-refractivity contribution is 6.99. The van der Waals surface area contributed by atoms with Crippen LogP contribution in [-0.2, 0) is 5.41 Å². The number of ether oxygens (including phenoxy) is 2. The maximum atomic E-state index is 7.46. The van der Waals surface area contributed by atoms with Crippen molar-refractivity contribution in [2.45, 2.75) is 5.41 Å². The van der Waals surface area contributed by atoms with Gasteiger partial charge in [-0.25, -0.2) is 9.97 Å². The number of rotatable bonds is 6. The van der Waals surface area contributed by atoms with Gasteiger partial charge in [-0.2, -0.15) is 9.97 Å². The van der Waals surface area contributed by atoms with Crippen molar-refractivity contribution in [2.24, 2.45) is 0 Å². The topological polar surface area (TPSA) is 89.7 Å². The molecule has 0 bridgehead atoms. The fourth-order valence-electron chi connectivity index (χ4n) is 19.0. The molecule has 10 heterocycles. The fraction of sp³-hybridized carbons (Fsp3) is 0.0108. The summed E-state index contributed by atoms with van der Waals surface area (Å²) in [4.78, 5) is 22.3. The summed E-state index contributed by atoms with van der Waals surface area (Å²) in [5, 5.41) is 9.22. The lowest BCUT2D eigenvalue weighted by molar-refractivity contribution is 0.484. The summed E-state index contributed by atoms with van der Waals surface area (Å²) in [6.07, 6.45) is 0. The molecule has 12 heteroatoms. The normalized spacial score (nSPS) is 13.5. The van der Waals surface area contributed by atoms with Crippen molar-refractivity contribution in [3.8, 4) is 69.0 Å². The van der Waals surface area contributed by atoms with Gasteiger partial charge in [0, 0.05) is 66.3 Å². The predicted molar refractivity (Wildman–Crippen MR) is 427 cm³/mol. The van der Waals surface area contributed by atoms with E-state index in [1.807, 2.05) is 0 Å². The molecule has 10 nitrogen and oxygen atoms in total. The number of fused-ring (bicyclic) bond motifs is 24. The van der Waals surface area contributed by atoms with Crippen molar-refractivity contribution < 1.29 is 9.47 Å². The minimum Gasteiger partial charge on any atom is -0.458 e. The summed E-state index contributed by atoms with van der Waals surface area (Å²) < 4.78 is 23.9. The van der Waals surface area contributed by atoms with Gasteiger partial charge < -0.3 is 9.47 Å². The van der Waals surface area contributed by atoms with Crippen LogP contribution in [0.5, 0.6) is 23.0 Å². The predicted octanol–water partition coefficient (Wildman–Crippen LogP) is 17.2. The smallest absolute Gasteiger partial charge is 0.251 e. The molecular weight excluding hydrogens is 1280 g/mol. The van der Waals surface area contributed by atoms with Crippen molar-refractivity contribution in [1.29, 1.82) is 0 Å². The summed E-state index contributed by atoms with van der Waals surface area (Å²) >= 11 is 0. The Hall–Kier alpha value is -13.8. The summed E-state index contributed by atoms with van der Waals surface area (Å²) in [6, 6.07) is 118. The van der Waals surface area contributed by atoms with Gasteiger partial charge in [0.05, 0.1) is 60.9 Å². The van der Waals surface area contributed by atoms with E-state index in [0.717, 1.165) is 155 Å². The zero-order valence-corrected chi connectivity index (χ0v) is 56.2. The van der Waals surface area contributed by atoms with Gasteiger partial charge in [-0.3, -0.25) is 18.3 Å². The number of hydrogen-bond donors (Lipinski definition) is 0. The molecule has 20 aromatic rings. The van der Waals surface area contributed by atoms with Crippen molar-refractivity contribution in [1.82, 2.24) is 38.2 Å². The Morgan fingerprint density at radius 2 is 0.533 bits per heavy atom. The lowest BCUT2D eigenvalue weighted by atomic mass is 9.25. The minimum atomic E-state index is -0.765. The monoisotopic (exact) mass is 1340 g/mol. The zero-order chi connectivity index (χ0) is 68.3. The maximum absolute atomic E-state index is 7.46. The van der Waals surface area contributed by atoms with E-state index >= 15 is 0 Å². The highest BCUT2D eigenvalue weighted by Crippen LogP contribution is 2.51. The summed E-state index contributed by atoms with van der Waals surface area (Å²) in [5.41, 5.74) is 22.9. The van der Waals surface area contributed by atoms with Crippen LogP contribution in [0, 0.1) is 0 Å². The molecule has 1 spiro atoms. The number of hydrogen-bond acceptors (Lipinski definition) is 6. The third kappa shape index (κ3) is 7.68. The molecule has 0 amide bonds. The Balaban J connectivity index is 0.657. The molecule has 0 N–H and O–H groups in total. The number of benzene rings is 14. The molecule has 4 aliphatic rings. The molecule has 105 heavy (non-hydrogen) atoms. The second kappa shape index (κ2) is 21.1. The van der Waals surface area contributed by atoms with Crippen LogP contribution < -0.4 is 42.3 Å². The molecule has 0 saturated heterocycles. The van der Waals surface area contributed by atoms with Crippen LogP contribution in [0.2, 0.25) is 0 Å². The van der Waals surface area contributed by atoms with Crippen LogP contribution in [0.4, 0.5) is 0 Å². The minimum absolute atomic E-state index is 0.157.